The van der Waals surface area contributed by atoms with E-state index >= 15 is 0 Å². The molecular formula is C9H18N4O. The van der Waals surface area contributed by atoms with Crippen LogP contribution in [-0.2, 0) is 0 Å². The van der Waals surface area contributed by atoms with E-state index in [4.69, 9.17) is 11.1 Å². The summed E-state index contributed by atoms with van der Waals surface area (Å²) < 4.78 is 0. The fourth-order valence-electron chi connectivity index (χ4n) is 1.60. The van der Waals surface area contributed by atoms with Crippen molar-refractivity contribution in [1.29, 1.82) is 5.41 Å². The Labute approximate surface area is 84.1 Å². The standard InChI is InChI=1S/C9H18N4O/c1-7(6-8(10)11)12-9(14)13-4-2-3-5-13/h7H,2-6H2,1H3,(H3,10,11)(H,12,14). The number of nitrogens with one attached hydrogen (secondary N) is 2. The zero-order valence-corrected chi connectivity index (χ0v) is 8.55. The van der Waals surface area contributed by atoms with Crippen LogP contribution in [0.4, 0.5) is 4.79 Å². The molecule has 4 N–H and O–H groups in total. The van der Waals surface area contributed by atoms with Crippen LogP contribution in [0.1, 0.15) is 26.2 Å². The first-order valence-electron chi connectivity index (χ1n) is 4.98. The SMILES string of the molecule is CC(CC(=N)N)NC(=O)N1CCCC1. The lowest BCUT2D eigenvalue weighted by Gasteiger charge is -2.19. The molecule has 1 heterocycles. The van der Waals surface area contributed by atoms with Gasteiger partial charge in [-0.15, -0.1) is 0 Å². The van der Waals surface area contributed by atoms with Gasteiger partial charge in [-0.25, -0.2) is 4.79 Å². The Bertz CT molecular complexity index is 223. The topological polar surface area (TPSA) is 82.2 Å². The molecule has 0 aromatic rings. The third-order valence-corrected chi connectivity index (χ3v) is 2.29. The fourth-order valence-corrected chi connectivity index (χ4v) is 1.60. The van der Waals surface area contributed by atoms with Crippen molar-refractivity contribution in [3.8, 4) is 0 Å². The van der Waals surface area contributed by atoms with Crippen molar-refractivity contribution in [3.05, 3.63) is 0 Å². The molecule has 0 aromatic heterocycles. The second kappa shape index (κ2) is 4.83. The lowest BCUT2D eigenvalue weighted by molar-refractivity contribution is 0.205. The predicted molar refractivity (Wildman–Crippen MR) is 55.3 cm³/mol. The van der Waals surface area contributed by atoms with Crippen molar-refractivity contribution in [3.63, 3.8) is 0 Å². The Morgan fingerprint density at radius 1 is 1.57 bits per heavy atom. The number of amidine groups is 1. The highest BCUT2D eigenvalue weighted by atomic mass is 16.2. The number of hydrogen-bond donors (Lipinski definition) is 3. The monoisotopic (exact) mass is 198 g/mol. The number of hydrogen-bond acceptors (Lipinski definition) is 2. The third-order valence-electron chi connectivity index (χ3n) is 2.29. The van der Waals surface area contributed by atoms with Gasteiger partial charge in [-0.05, 0) is 19.8 Å². The van der Waals surface area contributed by atoms with E-state index in [9.17, 15) is 4.79 Å². The zero-order chi connectivity index (χ0) is 10.6. The maximum atomic E-state index is 11.5. The molecule has 14 heavy (non-hydrogen) atoms. The number of carbonyl (C=O) groups excluding carboxylic acids is 1. The van der Waals surface area contributed by atoms with Gasteiger partial charge in [0.2, 0.25) is 0 Å². The Hall–Kier alpha value is -1.26. The average Bonchev–Trinajstić information content (AvgIpc) is 2.53. The first kappa shape index (κ1) is 10.8. The summed E-state index contributed by atoms with van der Waals surface area (Å²) in [7, 11) is 0. The Balaban J connectivity index is 2.28. The van der Waals surface area contributed by atoms with Crippen LogP contribution < -0.4 is 11.1 Å². The minimum atomic E-state index is -0.0550. The predicted octanol–water partition coefficient (Wildman–Crippen LogP) is 0.506. The van der Waals surface area contributed by atoms with Crippen LogP contribution in [0, 0.1) is 5.41 Å². The molecule has 2 amide bonds. The molecule has 1 saturated heterocycles. The molecule has 0 aromatic carbocycles. The van der Waals surface area contributed by atoms with E-state index in [2.05, 4.69) is 5.32 Å². The van der Waals surface area contributed by atoms with Crippen molar-refractivity contribution in [1.82, 2.24) is 10.2 Å². The molecular weight excluding hydrogens is 180 g/mol. The maximum absolute atomic E-state index is 11.5. The van der Waals surface area contributed by atoms with Crippen LogP contribution in [0.15, 0.2) is 0 Å². The molecule has 1 fully saturated rings. The molecule has 0 aliphatic carbocycles. The molecule has 5 heteroatoms. The molecule has 80 valence electrons. The van der Waals surface area contributed by atoms with Crippen molar-refractivity contribution in [2.75, 3.05) is 13.1 Å². The van der Waals surface area contributed by atoms with Gasteiger partial charge < -0.3 is 16.0 Å². The summed E-state index contributed by atoms with van der Waals surface area (Å²) in [6, 6.07) is -0.0862. The molecule has 1 unspecified atom stereocenters. The number of carbonyl (C=O) groups is 1. The van der Waals surface area contributed by atoms with Gasteiger partial charge in [0.15, 0.2) is 0 Å². The Morgan fingerprint density at radius 3 is 2.64 bits per heavy atom. The summed E-state index contributed by atoms with van der Waals surface area (Å²) in [6.07, 6.45) is 2.60. The van der Waals surface area contributed by atoms with Gasteiger partial charge in [-0.2, -0.15) is 0 Å². The fraction of sp³-hybridized carbons (Fsp3) is 0.778. The van der Waals surface area contributed by atoms with E-state index in [1.54, 1.807) is 4.90 Å². The van der Waals surface area contributed by atoms with Gasteiger partial charge >= 0.3 is 6.03 Å². The van der Waals surface area contributed by atoms with Crippen LogP contribution in [0.5, 0.6) is 0 Å². The van der Waals surface area contributed by atoms with Gasteiger partial charge in [0.1, 0.15) is 0 Å². The van der Waals surface area contributed by atoms with Crippen molar-refractivity contribution in [2.45, 2.75) is 32.2 Å². The van der Waals surface area contributed by atoms with E-state index in [0.717, 1.165) is 25.9 Å². The molecule has 1 rings (SSSR count). The van der Waals surface area contributed by atoms with Crippen LogP contribution in [0.3, 0.4) is 0 Å². The normalized spacial score (nSPS) is 17.9. The molecule has 0 bridgehead atoms. The van der Waals surface area contributed by atoms with Crippen LogP contribution in [0.25, 0.3) is 0 Å². The first-order chi connectivity index (χ1) is 6.59. The average molecular weight is 198 g/mol. The molecule has 0 radical (unpaired) electrons. The van der Waals surface area contributed by atoms with Gasteiger partial charge in [0, 0.05) is 25.6 Å². The van der Waals surface area contributed by atoms with Crippen LogP contribution in [0.2, 0.25) is 0 Å². The summed E-state index contributed by atoms with van der Waals surface area (Å²) >= 11 is 0. The lowest BCUT2D eigenvalue weighted by Crippen LogP contribution is -2.43. The van der Waals surface area contributed by atoms with Gasteiger partial charge in [0.25, 0.3) is 0 Å². The largest absolute Gasteiger partial charge is 0.388 e. The summed E-state index contributed by atoms with van der Waals surface area (Å²) in [5.74, 6) is 0.110. The van der Waals surface area contributed by atoms with Crippen LogP contribution in [-0.4, -0.2) is 35.9 Å². The maximum Gasteiger partial charge on any atom is 0.317 e. The van der Waals surface area contributed by atoms with Gasteiger partial charge in [-0.3, -0.25) is 5.41 Å². The molecule has 0 saturated carbocycles. The number of rotatable bonds is 3. The zero-order valence-electron chi connectivity index (χ0n) is 8.55. The number of urea groups is 1. The lowest BCUT2D eigenvalue weighted by atomic mass is 10.2. The van der Waals surface area contributed by atoms with E-state index in [1.165, 1.54) is 0 Å². The first-order valence-corrected chi connectivity index (χ1v) is 4.98. The molecule has 5 nitrogen and oxygen atoms in total. The van der Waals surface area contributed by atoms with Crippen molar-refractivity contribution in [2.24, 2.45) is 5.73 Å². The van der Waals surface area contributed by atoms with Gasteiger partial charge in [-0.1, -0.05) is 0 Å². The third kappa shape index (κ3) is 3.24. The minimum absolute atomic E-state index is 0.0312. The number of nitrogens with two attached hydrogens (primary N) is 1. The number of likely N-dealkylation sites (tertiary alicyclic amines) is 1. The van der Waals surface area contributed by atoms with E-state index in [0.29, 0.717) is 6.42 Å². The summed E-state index contributed by atoms with van der Waals surface area (Å²) in [5.41, 5.74) is 5.24. The number of nitrogens with zero attached hydrogens (tertiary/aromatic N) is 1. The number of amides is 2. The van der Waals surface area contributed by atoms with Gasteiger partial charge in [0.05, 0.1) is 5.84 Å². The molecule has 1 atom stereocenters. The molecule has 0 spiro atoms. The molecule has 1 aliphatic rings. The summed E-state index contributed by atoms with van der Waals surface area (Å²) in [5, 5.41) is 9.91. The van der Waals surface area contributed by atoms with Crippen molar-refractivity contribution >= 4 is 11.9 Å². The highest BCUT2D eigenvalue weighted by Gasteiger charge is 2.19. The minimum Gasteiger partial charge on any atom is -0.388 e. The second-order valence-electron chi connectivity index (χ2n) is 3.77. The summed E-state index contributed by atoms with van der Waals surface area (Å²) in [4.78, 5) is 13.3. The molecule has 1 aliphatic heterocycles. The highest BCUT2D eigenvalue weighted by Crippen LogP contribution is 2.07. The van der Waals surface area contributed by atoms with E-state index in [1.807, 2.05) is 6.92 Å². The van der Waals surface area contributed by atoms with E-state index in [-0.39, 0.29) is 17.9 Å². The highest BCUT2D eigenvalue weighted by molar-refractivity contribution is 5.79. The smallest absolute Gasteiger partial charge is 0.317 e. The van der Waals surface area contributed by atoms with E-state index < -0.39 is 0 Å². The summed E-state index contributed by atoms with van der Waals surface area (Å²) in [6.45, 7) is 3.55. The van der Waals surface area contributed by atoms with Crippen LogP contribution >= 0.6 is 0 Å². The van der Waals surface area contributed by atoms with Crippen molar-refractivity contribution < 1.29 is 4.79 Å². The second-order valence-corrected chi connectivity index (χ2v) is 3.77. The Morgan fingerprint density at radius 2 is 2.14 bits per heavy atom. The Kier molecular flexibility index (Phi) is 3.73. The quantitative estimate of drug-likeness (QED) is 0.456.